The number of amides is 1. The van der Waals surface area contributed by atoms with E-state index in [-0.39, 0.29) is 17.2 Å². The van der Waals surface area contributed by atoms with Crippen molar-refractivity contribution in [3.63, 3.8) is 0 Å². The summed E-state index contributed by atoms with van der Waals surface area (Å²) in [6.45, 7) is 0.273. The Kier molecular flexibility index (Phi) is 6.76. The smallest absolute Gasteiger partial charge is 0.322 e. The number of ketones is 1. The Bertz CT molecular complexity index is 1170. The lowest BCUT2D eigenvalue weighted by Crippen LogP contribution is -2.46. The number of benzene rings is 2. The minimum absolute atomic E-state index is 0.105. The number of aliphatic hydroxyl groups excluding tert-OH is 1. The van der Waals surface area contributed by atoms with Crippen LogP contribution in [0.25, 0.3) is 5.76 Å². The fourth-order valence-corrected chi connectivity index (χ4v) is 3.10. The molecule has 5 N–H and O–H groups in total. The predicted molar refractivity (Wildman–Crippen MR) is 116 cm³/mol. The van der Waals surface area contributed by atoms with E-state index in [1.807, 2.05) is 60.7 Å². The summed E-state index contributed by atoms with van der Waals surface area (Å²) in [5, 5.41) is 10.6. The van der Waals surface area contributed by atoms with Crippen LogP contribution in [0.15, 0.2) is 83.8 Å². The van der Waals surface area contributed by atoms with Crippen molar-refractivity contribution in [2.75, 3.05) is 0 Å². The molecule has 1 aromatic heterocycles. The van der Waals surface area contributed by atoms with Crippen molar-refractivity contribution < 1.29 is 14.7 Å². The summed E-state index contributed by atoms with van der Waals surface area (Å²) in [6.07, 6.45) is 2.86. The summed E-state index contributed by atoms with van der Waals surface area (Å²) >= 11 is 0. The zero-order chi connectivity index (χ0) is 22.4. The molecule has 0 aliphatic carbocycles. The molecule has 0 spiro atoms. The van der Waals surface area contributed by atoms with Crippen molar-refractivity contribution in [1.29, 1.82) is 0 Å². The van der Waals surface area contributed by atoms with Crippen LogP contribution in [0.4, 0.5) is 0 Å². The van der Waals surface area contributed by atoms with Crippen LogP contribution >= 0.6 is 0 Å². The third kappa shape index (κ3) is 5.53. The van der Waals surface area contributed by atoms with E-state index >= 15 is 0 Å². The number of nitrogens with two attached hydrogens (primary N) is 2. The van der Waals surface area contributed by atoms with Crippen molar-refractivity contribution in [2.45, 2.75) is 13.0 Å². The first-order chi connectivity index (χ1) is 14.8. The molecule has 0 unspecified atom stereocenters. The molecule has 0 saturated heterocycles. The van der Waals surface area contributed by atoms with Gasteiger partial charge in [-0.2, -0.15) is 0 Å². The maximum Gasteiger partial charge on any atom is 0.322 e. The lowest BCUT2D eigenvalue weighted by Gasteiger charge is -2.12. The van der Waals surface area contributed by atoms with Crippen LogP contribution in [0.3, 0.4) is 0 Å². The molecule has 3 aromatic rings. The van der Waals surface area contributed by atoms with E-state index in [9.17, 15) is 19.5 Å². The molecule has 0 bridgehead atoms. The van der Waals surface area contributed by atoms with E-state index in [1.165, 1.54) is 10.6 Å². The van der Waals surface area contributed by atoms with Crippen LogP contribution in [-0.2, 0) is 22.6 Å². The Morgan fingerprint density at radius 1 is 0.935 bits per heavy atom. The maximum atomic E-state index is 13.0. The van der Waals surface area contributed by atoms with Gasteiger partial charge in [0, 0.05) is 12.3 Å². The summed E-state index contributed by atoms with van der Waals surface area (Å²) in [5.41, 5.74) is 2.03. The van der Waals surface area contributed by atoms with Crippen molar-refractivity contribution in [2.24, 2.45) is 11.7 Å². The number of hydrogen-bond acceptors (Lipinski definition) is 6. The number of aliphatic hydroxyl groups is 1. The van der Waals surface area contributed by atoms with Gasteiger partial charge in [-0.05, 0) is 29.2 Å². The Balaban J connectivity index is 2.05. The number of rotatable bonds is 7. The summed E-state index contributed by atoms with van der Waals surface area (Å²) in [4.78, 5) is 36.5. The van der Waals surface area contributed by atoms with Gasteiger partial charge in [0.1, 0.15) is 5.76 Å². The highest BCUT2D eigenvalue weighted by molar-refractivity contribution is 6.41. The molecular formula is C23H22N4O4. The van der Waals surface area contributed by atoms with Gasteiger partial charge in [-0.15, -0.1) is 0 Å². The normalized spacial score (nSPS) is 11.2. The first-order valence-electron chi connectivity index (χ1n) is 9.45. The zero-order valence-corrected chi connectivity index (χ0v) is 16.6. The molecule has 8 heteroatoms. The van der Waals surface area contributed by atoms with Crippen molar-refractivity contribution in [3.05, 3.63) is 112 Å². The van der Waals surface area contributed by atoms with Gasteiger partial charge in [-0.1, -0.05) is 60.7 Å². The summed E-state index contributed by atoms with van der Waals surface area (Å²) in [5.74, 6) is 7.12. The molecule has 2 aromatic carbocycles. The first kappa shape index (κ1) is 21.7. The van der Waals surface area contributed by atoms with E-state index in [2.05, 4.69) is 0 Å². The summed E-state index contributed by atoms with van der Waals surface area (Å²) < 4.78 is 1.46. The Morgan fingerprint density at radius 3 is 2.10 bits per heavy atom. The largest absolute Gasteiger partial charge is 0.507 e. The summed E-state index contributed by atoms with van der Waals surface area (Å²) in [6, 6.07) is 20.5. The number of pyridine rings is 1. The van der Waals surface area contributed by atoms with Gasteiger partial charge in [0.2, 0.25) is 5.78 Å². The highest BCUT2D eigenvalue weighted by atomic mass is 16.3. The number of aromatic nitrogens is 1. The molecule has 1 amide bonds. The van der Waals surface area contributed by atoms with Gasteiger partial charge in [-0.25, -0.2) is 16.8 Å². The Labute approximate surface area is 178 Å². The van der Waals surface area contributed by atoms with Gasteiger partial charge in [0.05, 0.1) is 12.1 Å². The molecular weight excluding hydrogens is 396 g/mol. The van der Waals surface area contributed by atoms with Crippen molar-refractivity contribution in [1.82, 2.24) is 9.69 Å². The SMILES string of the molecule is NN(N)C(=O)C(=O)C=C(O)c1cc(Cc2ccccc2)cn(Cc2ccccc2)c1=O. The molecule has 31 heavy (non-hydrogen) atoms. The number of nitrogens with zero attached hydrogens (tertiary/aromatic N) is 2. The molecule has 8 nitrogen and oxygen atoms in total. The van der Waals surface area contributed by atoms with Gasteiger partial charge >= 0.3 is 5.91 Å². The van der Waals surface area contributed by atoms with Crippen LogP contribution < -0.4 is 17.2 Å². The topological polar surface area (TPSA) is 132 Å². The number of hydrogen-bond donors (Lipinski definition) is 3. The Morgan fingerprint density at radius 2 is 1.52 bits per heavy atom. The fraction of sp³-hybridized carbons (Fsp3) is 0.0870. The third-order valence-electron chi connectivity index (χ3n) is 4.58. The molecule has 0 aliphatic rings. The van der Waals surface area contributed by atoms with Crippen LogP contribution in [0.1, 0.15) is 22.3 Å². The standard InChI is InChI=1S/C23H22N4O4/c24-27(25)23(31)21(29)13-20(28)19-12-18(11-16-7-3-1-4-8-16)15-26(22(19)30)14-17-9-5-2-6-10-17/h1-10,12-13,15,28H,11,14,24-25H2. The molecule has 158 valence electrons. The molecule has 0 saturated carbocycles. The molecule has 0 fully saturated rings. The molecule has 0 radical (unpaired) electrons. The second kappa shape index (κ2) is 9.66. The second-order valence-electron chi connectivity index (χ2n) is 6.95. The third-order valence-corrected chi connectivity index (χ3v) is 4.58. The average Bonchev–Trinajstić information content (AvgIpc) is 2.76. The minimum atomic E-state index is -1.23. The van der Waals surface area contributed by atoms with Gasteiger partial charge in [0.15, 0.2) is 0 Å². The van der Waals surface area contributed by atoms with E-state index in [0.29, 0.717) is 12.5 Å². The lowest BCUT2D eigenvalue weighted by molar-refractivity contribution is -0.142. The van der Waals surface area contributed by atoms with E-state index in [0.717, 1.165) is 16.7 Å². The van der Waals surface area contributed by atoms with Crippen LogP contribution in [0, 0.1) is 0 Å². The van der Waals surface area contributed by atoms with Gasteiger partial charge < -0.3 is 9.67 Å². The monoisotopic (exact) mass is 418 g/mol. The first-order valence-corrected chi connectivity index (χ1v) is 9.45. The van der Waals surface area contributed by atoms with Gasteiger partial charge in [-0.3, -0.25) is 14.4 Å². The molecule has 0 aliphatic heterocycles. The van der Waals surface area contributed by atoms with E-state index in [4.69, 9.17) is 11.7 Å². The molecule has 3 rings (SSSR count). The second-order valence-corrected chi connectivity index (χ2v) is 6.95. The Hall–Kier alpha value is -4.01. The van der Waals surface area contributed by atoms with Gasteiger partial charge in [0.25, 0.3) is 5.56 Å². The van der Waals surface area contributed by atoms with Crippen molar-refractivity contribution >= 4 is 17.4 Å². The fourth-order valence-electron chi connectivity index (χ4n) is 3.10. The van der Waals surface area contributed by atoms with E-state index in [1.54, 1.807) is 6.20 Å². The van der Waals surface area contributed by atoms with Crippen LogP contribution in [0.2, 0.25) is 0 Å². The zero-order valence-electron chi connectivity index (χ0n) is 16.6. The highest BCUT2D eigenvalue weighted by Gasteiger charge is 2.18. The van der Waals surface area contributed by atoms with E-state index < -0.39 is 23.0 Å². The predicted octanol–water partition coefficient (Wildman–Crippen LogP) is 1.53. The molecule has 1 heterocycles. The van der Waals surface area contributed by atoms with Crippen molar-refractivity contribution in [3.8, 4) is 0 Å². The highest BCUT2D eigenvalue weighted by Crippen LogP contribution is 2.15. The average molecular weight is 418 g/mol. The number of carbonyl (C=O) groups excluding carboxylic acids is 2. The summed E-state index contributed by atoms with van der Waals surface area (Å²) in [7, 11) is 0. The maximum absolute atomic E-state index is 13.0. The van der Waals surface area contributed by atoms with Crippen LogP contribution in [0.5, 0.6) is 0 Å². The molecule has 0 atom stereocenters. The number of carbonyl (C=O) groups is 2. The minimum Gasteiger partial charge on any atom is -0.507 e. The quantitative estimate of drug-likeness (QED) is 0.133. The number of hydrazine groups is 2. The van der Waals surface area contributed by atoms with Crippen LogP contribution in [-0.4, -0.2) is 26.5 Å². The lowest BCUT2D eigenvalue weighted by atomic mass is 10.0.